The third kappa shape index (κ3) is 1.03. The van der Waals surface area contributed by atoms with Crippen LogP contribution in [0.2, 0.25) is 0 Å². The van der Waals surface area contributed by atoms with Gasteiger partial charge in [-0.05, 0) is 19.4 Å². The number of hydrogen-bond acceptors (Lipinski definition) is 4. The van der Waals surface area contributed by atoms with Crippen LogP contribution in [0.4, 0.5) is 0 Å². The SMILES string of the molecule is C[C@]12C(=O)CC[C@H]1[C@H]1O[C@@H]2C=C1S(C)(=O)=O. The highest BCUT2D eigenvalue weighted by molar-refractivity contribution is 7.94. The van der Waals surface area contributed by atoms with Crippen molar-refractivity contribution in [2.75, 3.05) is 6.26 Å². The summed E-state index contributed by atoms with van der Waals surface area (Å²) < 4.78 is 28.8. The quantitative estimate of drug-likeness (QED) is 0.678. The van der Waals surface area contributed by atoms with E-state index in [1.165, 1.54) is 6.26 Å². The molecule has 0 aromatic heterocycles. The fraction of sp³-hybridized carbons (Fsp3) is 0.727. The van der Waals surface area contributed by atoms with Crippen molar-refractivity contribution < 1.29 is 17.9 Å². The van der Waals surface area contributed by atoms with E-state index in [0.717, 1.165) is 6.42 Å². The highest BCUT2D eigenvalue weighted by Gasteiger charge is 2.64. The summed E-state index contributed by atoms with van der Waals surface area (Å²) in [4.78, 5) is 12.2. The van der Waals surface area contributed by atoms with Crippen LogP contribution in [0.15, 0.2) is 11.0 Å². The van der Waals surface area contributed by atoms with Crippen molar-refractivity contribution in [1.82, 2.24) is 0 Å². The summed E-state index contributed by atoms with van der Waals surface area (Å²) in [7, 11) is -3.19. The summed E-state index contributed by atoms with van der Waals surface area (Å²) >= 11 is 0. The van der Waals surface area contributed by atoms with E-state index in [1.54, 1.807) is 6.08 Å². The zero-order valence-electron chi connectivity index (χ0n) is 9.26. The number of carbonyl (C=O) groups is 1. The minimum atomic E-state index is -3.19. The first-order valence-corrected chi connectivity index (χ1v) is 7.35. The topological polar surface area (TPSA) is 60.4 Å². The summed E-state index contributed by atoms with van der Waals surface area (Å²) in [5, 5.41) is 0. The zero-order valence-corrected chi connectivity index (χ0v) is 10.1. The Hall–Kier alpha value is -0.680. The molecular formula is C11H14O4S. The van der Waals surface area contributed by atoms with Crippen LogP contribution >= 0.6 is 0 Å². The molecule has 0 aromatic rings. The van der Waals surface area contributed by atoms with Gasteiger partial charge in [0.05, 0.1) is 22.5 Å². The van der Waals surface area contributed by atoms with Gasteiger partial charge in [0, 0.05) is 18.6 Å². The van der Waals surface area contributed by atoms with Gasteiger partial charge < -0.3 is 4.74 Å². The Labute approximate surface area is 94.6 Å². The van der Waals surface area contributed by atoms with Gasteiger partial charge in [0.15, 0.2) is 9.84 Å². The second-order valence-electron chi connectivity index (χ2n) is 5.17. The molecule has 3 aliphatic rings. The molecule has 0 aromatic carbocycles. The van der Waals surface area contributed by atoms with Crippen molar-refractivity contribution >= 4 is 15.6 Å². The number of Topliss-reactive ketones (excluding diaryl/α,β-unsaturated/α-hetero) is 1. The monoisotopic (exact) mass is 242 g/mol. The molecule has 2 aliphatic heterocycles. The van der Waals surface area contributed by atoms with Gasteiger partial charge in [0.25, 0.3) is 0 Å². The third-order valence-electron chi connectivity index (χ3n) is 4.33. The van der Waals surface area contributed by atoms with E-state index in [1.807, 2.05) is 6.92 Å². The second kappa shape index (κ2) is 2.76. The van der Waals surface area contributed by atoms with Crippen molar-refractivity contribution in [2.45, 2.75) is 32.0 Å². The first-order valence-electron chi connectivity index (χ1n) is 5.45. The minimum absolute atomic E-state index is 0.0553. The molecule has 0 amide bonds. The Morgan fingerprint density at radius 2 is 2.19 bits per heavy atom. The molecule has 0 unspecified atom stereocenters. The van der Waals surface area contributed by atoms with Gasteiger partial charge in [-0.2, -0.15) is 0 Å². The fourth-order valence-corrected chi connectivity index (χ4v) is 4.36. The smallest absolute Gasteiger partial charge is 0.174 e. The molecular weight excluding hydrogens is 228 g/mol. The van der Waals surface area contributed by atoms with E-state index in [9.17, 15) is 13.2 Å². The van der Waals surface area contributed by atoms with Crippen LogP contribution in [0.25, 0.3) is 0 Å². The summed E-state index contributed by atoms with van der Waals surface area (Å²) in [5.41, 5.74) is -0.473. The van der Waals surface area contributed by atoms with Gasteiger partial charge in [0.1, 0.15) is 5.78 Å². The van der Waals surface area contributed by atoms with Crippen molar-refractivity contribution in [3.05, 3.63) is 11.0 Å². The Morgan fingerprint density at radius 3 is 2.81 bits per heavy atom. The van der Waals surface area contributed by atoms with Crippen LogP contribution in [0, 0.1) is 11.3 Å². The number of fused-ring (bicyclic) bond motifs is 5. The number of rotatable bonds is 1. The second-order valence-corrected chi connectivity index (χ2v) is 7.19. The Balaban J connectivity index is 2.10. The maximum atomic E-state index is 11.9. The molecule has 0 N–H and O–H groups in total. The summed E-state index contributed by atoms with van der Waals surface area (Å²) in [5.74, 6) is 0.272. The van der Waals surface area contributed by atoms with Crippen LogP contribution in [0.3, 0.4) is 0 Å². The van der Waals surface area contributed by atoms with Crippen LogP contribution < -0.4 is 0 Å². The third-order valence-corrected chi connectivity index (χ3v) is 5.55. The Bertz CT molecular complexity index is 504. The van der Waals surface area contributed by atoms with Crippen LogP contribution in [-0.2, 0) is 19.4 Å². The highest BCUT2D eigenvalue weighted by Crippen LogP contribution is 2.58. The summed E-state index contributed by atoms with van der Waals surface area (Å²) in [6.07, 6.45) is 3.45. The van der Waals surface area contributed by atoms with Gasteiger partial charge in [-0.15, -0.1) is 0 Å². The predicted molar refractivity (Wildman–Crippen MR) is 57.4 cm³/mol. The van der Waals surface area contributed by atoms with Gasteiger partial charge in [-0.3, -0.25) is 4.79 Å². The lowest BCUT2D eigenvalue weighted by Gasteiger charge is -2.29. The molecule has 16 heavy (non-hydrogen) atoms. The number of ether oxygens (including phenoxy) is 1. The standard InChI is InChI=1S/C11H14O4S/c1-11-6(3-4-8(11)12)10-7(16(2,13)14)5-9(11)15-10/h5-6,9-10H,3-4H2,1-2H3/t6-,9+,10+,11+/m0/s1. The first-order chi connectivity index (χ1) is 7.35. The van der Waals surface area contributed by atoms with Crippen molar-refractivity contribution in [2.24, 2.45) is 11.3 Å². The summed E-state index contributed by atoms with van der Waals surface area (Å²) in [6.45, 7) is 1.91. The van der Waals surface area contributed by atoms with E-state index in [4.69, 9.17) is 4.74 Å². The summed E-state index contributed by atoms with van der Waals surface area (Å²) in [6, 6.07) is 0. The maximum absolute atomic E-state index is 11.9. The van der Waals surface area contributed by atoms with E-state index in [0.29, 0.717) is 11.3 Å². The number of hydrogen-bond donors (Lipinski definition) is 0. The molecule has 2 fully saturated rings. The molecule has 2 bridgehead atoms. The van der Waals surface area contributed by atoms with E-state index in [2.05, 4.69) is 0 Å². The number of carbonyl (C=O) groups excluding carboxylic acids is 1. The molecule has 1 saturated heterocycles. The normalized spacial score (nSPS) is 46.0. The van der Waals surface area contributed by atoms with Crippen molar-refractivity contribution in [3.63, 3.8) is 0 Å². The molecule has 4 atom stereocenters. The van der Waals surface area contributed by atoms with E-state index >= 15 is 0 Å². The minimum Gasteiger partial charge on any atom is -0.364 e. The Kier molecular flexibility index (Phi) is 1.81. The Morgan fingerprint density at radius 1 is 1.50 bits per heavy atom. The molecule has 1 saturated carbocycles. The fourth-order valence-electron chi connectivity index (χ4n) is 3.35. The average Bonchev–Trinajstić information content (AvgIpc) is 2.76. The van der Waals surface area contributed by atoms with Crippen molar-refractivity contribution in [1.29, 1.82) is 0 Å². The van der Waals surface area contributed by atoms with Crippen LogP contribution in [0.1, 0.15) is 19.8 Å². The number of ketones is 1. The zero-order chi connectivity index (χ0) is 11.7. The van der Waals surface area contributed by atoms with Gasteiger partial charge >= 0.3 is 0 Å². The molecule has 5 heteroatoms. The maximum Gasteiger partial charge on any atom is 0.174 e. The van der Waals surface area contributed by atoms with Gasteiger partial charge in [-0.1, -0.05) is 0 Å². The lowest BCUT2D eigenvalue weighted by molar-refractivity contribution is -0.127. The molecule has 0 radical (unpaired) electrons. The average molecular weight is 242 g/mol. The largest absolute Gasteiger partial charge is 0.364 e. The first kappa shape index (κ1) is 10.5. The molecule has 4 nitrogen and oxygen atoms in total. The molecule has 3 rings (SSSR count). The lowest BCUT2D eigenvalue weighted by Crippen LogP contribution is -2.38. The molecule has 88 valence electrons. The molecule has 2 heterocycles. The van der Waals surface area contributed by atoms with Gasteiger partial charge in [0.2, 0.25) is 0 Å². The predicted octanol–water partition coefficient (Wildman–Crippen LogP) is 0.681. The van der Waals surface area contributed by atoms with Crippen molar-refractivity contribution in [3.8, 4) is 0 Å². The molecule has 1 aliphatic carbocycles. The van der Waals surface area contributed by atoms with E-state index < -0.39 is 15.3 Å². The lowest BCUT2D eigenvalue weighted by atomic mass is 9.72. The van der Waals surface area contributed by atoms with Crippen LogP contribution in [0.5, 0.6) is 0 Å². The highest BCUT2D eigenvalue weighted by atomic mass is 32.2. The molecule has 0 spiro atoms. The van der Waals surface area contributed by atoms with E-state index in [-0.39, 0.29) is 23.9 Å². The number of sulfone groups is 1. The van der Waals surface area contributed by atoms with Crippen LogP contribution in [-0.4, -0.2) is 32.7 Å². The van der Waals surface area contributed by atoms with Gasteiger partial charge in [-0.25, -0.2) is 8.42 Å².